The average Bonchev–Trinajstić information content (AvgIpc) is 2.46. The number of anilines is 1. The number of rotatable bonds is 4. The molecular formula is C17H19N2O2+. The molecule has 0 atom stereocenters. The highest BCUT2D eigenvalue weighted by atomic mass is 16.4. The van der Waals surface area contributed by atoms with Crippen LogP contribution in [0, 0.1) is 0 Å². The molecule has 1 aromatic carbocycles. The lowest BCUT2D eigenvalue weighted by molar-refractivity contribution is -0.673. The van der Waals surface area contributed by atoms with E-state index in [1.165, 1.54) is 0 Å². The van der Waals surface area contributed by atoms with Gasteiger partial charge >= 0.3 is 5.97 Å². The van der Waals surface area contributed by atoms with Crippen LogP contribution >= 0.6 is 0 Å². The molecule has 0 aliphatic carbocycles. The third kappa shape index (κ3) is 3.69. The molecule has 21 heavy (non-hydrogen) atoms. The summed E-state index contributed by atoms with van der Waals surface area (Å²) in [6.07, 6.45) is 5.59. The third-order valence-electron chi connectivity index (χ3n) is 3.28. The Labute approximate surface area is 124 Å². The van der Waals surface area contributed by atoms with Crippen molar-refractivity contribution in [3.63, 3.8) is 0 Å². The first-order valence-corrected chi connectivity index (χ1v) is 6.66. The highest BCUT2D eigenvalue weighted by molar-refractivity contribution is 5.87. The summed E-state index contributed by atoms with van der Waals surface area (Å²) >= 11 is 0. The predicted molar refractivity (Wildman–Crippen MR) is 84.3 cm³/mol. The Balaban J connectivity index is 2.19. The summed E-state index contributed by atoms with van der Waals surface area (Å²) in [6.45, 7) is 0. The van der Waals surface area contributed by atoms with Crippen molar-refractivity contribution in [2.45, 2.75) is 0 Å². The number of benzene rings is 1. The van der Waals surface area contributed by atoms with E-state index in [9.17, 15) is 4.79 Å². The molecule has 1 heterocycles. The molecule has 0 bridgehead atoms. The van der Waals surface area contributed by atoms with Crippen LogP contribution in [0.25, 0.3) is 12.2 Å². The second-order valence-corrected chi connectivity index (χ2v) is 5.08. The zero-order valence-corrected chi connectivity index (χ0v) is 12.4. The maximum atomic E-state index is 10.9. The molecule has 1 N–H and O–H groups in total. The molecule has 4 heteroatoms. The fourth-order valence-corrected chi connectivity index (χ4v) is 1.98. The molecule has 4 nitrogen and oxygen atoms in total. The molecule has 0 amide bonds. The summed E-state index contributed by atoms with van der Waals surface area (Å²) in [4.78, 5) is 12.9. The van der Waals surface area contributed by atoms with Crippen molar-refractivity contribution in [3.8, 4) is 0 Å². The quantitative estimate of drug-likeness (QED) is 0.877. The van der Waals surface area contributed by atoms with Gasteiger partial charge in [-0.1, -0.05) is 12.1 Å². The zero-order chi connectivity index (χ0) is 15.4. The van der Waals surface area contributed by atoms with Crippen molar-refractivity contribution in [3.05, 3.63) is 59.4 Å². The van der Waals surface area contributed by atoms with Crippen LogP contribution in [0.2, 0.25) is 0 Å². The van der Waals surface area contributed by atoms with Crippen LogP contribution in [0.3, 0.4) is 0 Å². The maximum absolute atomic E-state index is 10.9. The Morgan fingerprint density at radius 2 is 1.76 bits per heavy atom. The van der Waals surface area contributed by atoms with Crippen molar-refractivity contribution >= 4 is 23.8 Å². The first-order valence-electron chi connectivity index (χ1n) is 6.66. The van der Waals surface area contributed by atoms with Gasteiger partial charge in [-0.25, -0.2) is 9.36 Å². The molecule has 0 saturated carbocycles. The van der Waals surface area contributed by atoms with Gasteiger partial charge in [-0.05, 0) is 29.8 Å². The molecule has 0 unspecified atom stereocenters. The van der Waals surface area contributed by atoms with Gasteiger partial charge in [0, 0.05) is 31.9 Å². The molecule has 0 fully saturated rings. The normalized spacial score (nSPS) is 10.8. The van der Waals surface area contributed by atoms with Crippen LogP contribution in [0.15, 0.2) is 42.6 Å². The van der Waals surface area contributed by atoms with Crippen LogP contribution < -0.4 is 9.47 Å². The minimum atomic E-state index is -0.916. The smallest absolute Gasteiger partial charge is 0.341 e. The maximum Gasteiger partial charge on any atom is 0.341 e. The first kappa shape index (κ1) is 14.8. The molecule has 1 aromatic heterocycles. The van der Waals surface area contributed by atoms with Gasteiger partial charge in [0.05, 0.1) is 0 Å². The number of aryl methyl sites for hydroxylation is 1. The number of carboxylic acid groups (broad SMARTS) is 1. The molecule has 0 radical (unpaired) electrons. The fraction of sp³-hybridized carbons (Fsp3) is 0.176. The summed E-state index contributed by atoms with van der Waals surface area (Å²) in [6, 6.07) is 11.6. The summed E-state index contributed by atoms with van der Waals surface area (Å²) in [7, 11) is 5.85. The number of aromatic carboxylic acids is 1. The Hall–Kier alpha value is -2.62. The summed E-state index contributed by atoms with van der Waals surface area (Å²) in [5, 5.41) is 8.94. The number of nitrogens with zero attached hydrogens (tertiary/aromatic N) is 2. The molecule has 108 valence electrons. The van der Waals surface area contributed by atoms with E-state index in [0.717, 1.165) is 16.9 Å². The number of pyridine rings is 1. The largest absolute Gasteiger partial charge is 0.477 e. The number of hydrogen-bond acceptors (Lipinski definition) is 2. The SMILES string of the molecule is CN(C)c1ccc(C=Cc2ccc(C(=O)O)c[n+]2C)cc1. The van der Waals surface area contributed by atoms with E-state index in [2.05, 4.69) is 29.2 Å². The van der Waals surface area contributed by atoms with Crippen LogP contribution in [0.1, 0.15) is 21.6 Å². The van der Waals surface area contributed by atoms with E-state index >= 15 is 0 Å². The highest BCUT2D eigenvalue weighted by Crippen LogP contribution is 2.14. The van der Waals surface area contributed by atoms with Crippen molar-refractivity contribution < 1.29 is 14.5 Å². The molecule has 0 aliphatic rings. The number of hydrogen-bond donors (Lipinski definition) is 1. The van der Waals surface area contributed by atoms with Gasteiger partial charge in [-0.3, -0.25) is 0 Å². The molecule has 2 aromatic rings. The molecule has 0 spiro atoms. The van der Waals surface area contributed by atoms with Crippen LogP contribution in [0.4, 0.5) is 5.69 Å². The number of aromatic nitrogens is 1. The Kier molecular flexibility index (Phi) is 4.38. The molecule has 0 saturated heterocycles. The van der Waals surface area contributed by atoms with E-state index < -0.39 is 5.97 Å². The minimum Gasteiger partial charge on any atom is -0.477 e. The zero-order valence-electron chi connectivity index (χ0n) is 12.4. The summed E-state index contributed by atoms with van der Waals surface area (Å²) < 4.78 is 1.80. The van der Waals surface area contributed by atoms with E-state index in [-0.39, 0.29) is 5.56 Å². The van der Waals surface area contributed by atoms with E-state index in [0.29, 0.717) is 0 Å². The summed E-state index contributed by atoms with van der Waals surface area (Å²) in [5.74, 6) is -0.916. The van der Waals surface area contributed by atoms with Crippen LogP contribution in [-0.4, -0.2) is 25.2 Å². The van der Waals surface area contributed by atoms with E-state index in [1.807, 2.05) is 33.3 Å². The number of carbonyl (C=O) groups is 1. The highest BCUT2D eigenvalue weighted by Gasteiger charge is 2.09. The van der Waals surface area contributed by atoms with Gasteiger partial charge in [0.1, 0.15) is 12.6 Å². The van der Waals surface area contributed by atoms with Crippen LogP contribution in [-0.2, 0) is 7.05 Å². The van der Waals surface area contributed by atoms with Gasteiger partial charge in [0.15, 0.2) is 6.20 Å². The second-order valence-electron chi connectivity index (χ2n) is 5.08. The van der Waals surface area contributed by atoms with Gasteiger partial charge in [-0.15, -0.1) is 0 Å². The predicted octanol–water partition coefficient (Wildman–Crippen LogP) is 2.45. The van der Waals surface area contributed by atoms with Gasteiger partial charge in [-0.2, -0.15) is 0 Å². The van der Waals surface area contributed by atoms with Crippen LogP contribution in [0.5, 0.6) is 0 Å². The van der Waals surface area contributed by atoms with Crippen molar-refractivity contribution in [1.29, 1.82) is 0 Å². The first-order chi connectivity index (χ1) is 9.97. The average molecular weight is 283 g/mol. The molecular weight excluding hydrogens is 264 g/mol. The lowest BCUT2D eigenvalue weighted by Crippen LogP contribution is -2.32. The Morgan fingerprint density at radius 1 is 1.10 bits per heavy atom. The topological polar surface area (TPSA) is 44.4 Å². The van der Waals surface area contributed by atoms with Gasteiger partial charge < -0.3 is 10.0 Å². The summed E-state index contributed by atoms with van der Waals surface area (Å²) in [5.41, 5.74) is 3.48. The molecule has 0 aliphatic heterocycles. The number of carboxylic acids is 1. The lowest BCUT2D eigenvalue weighted by atomic mass is 10.1. The lowest BCUT2D eigenvalue weighted by Gasteiger charge is -2.11. The Bertz CT molecular complexity index is 674. The van der Waals surface area contributed by atoms with Crippen molar-refractivity contribution in [2.24, 2.45) is 7.05 Å². The third-order valence-corrected chi connectivity index (χ3v) is 3.28. The standard InChI is InChI=1S/C17H18N2O2/c1-18(2)15-8-4-13(5-9-15)6-10-16-11-7-14(17(20)21)12-19(16)3/h4-12H,1-3H3/p+1. The van der Waals surface area contributed by atoms with E-state index in [4.69, 9.17) is 5.11 Å². The minimum absolute atomic E-state index is 0.282. The van der Waals surface area contributed by atoms with Crippen molar-refractivity contribution in [2.75, 3.05) is 19.0 Å². The second kappa shape index (κ2) is 6.22. The Morgan fingerprint density at radius 3 is 2.29 bits per heavy atom. The molecule has 2 rings (SSSR count). The van der Waals surface area contributed by atoms with E-state index in [1.54, 1.807) is 22.9 Å². The van der Waals surface area contributed by atoms with Gasteiger partial charge in [0.25, 0.3) is 0 Å². The van der Waals surface area contributed by atoms with Crippen molar-refractivity contribution in [1.82, 2.24) is 0 Å². The fourth-order valence-electron chi connectivity index (χ4n) is 1.98. The monoisotopic (exact) mass is 283 g/mol. The van der Waals surface area contributed by atoms with Gasteiger partial charge in [0.2, 0.25) is 5.69 Å².